The van der Waals surface area contributed by atoms with Crippen LogP contribution in [0.15, 0.2) is 24.3 Å². The number of nitrogens with zero attached hydrogens (tertiary/aromatic N) is 1. The molecular formula is C18H23F3N2O2. The maximum Gasteiger partial charge on any atom is 0.416 e. The second-order valence-electron chi connectivity index (χ2n) is 6.90. The highest BCUT2D eigenvalue weighted by Gasteiger charge is 2.39. The van der Waals surface area contributed by atoms with Gasteiger partial charge in [-0.25, -0.2) is 4.79 Å². The maximum atomic E-state index is 12.7. The lowest BCUT2D eigenvalue weighted by molar-refractivity contribution is -0.137. The van der Waals surface area contributed by atoms with Crippen molar-refractivity contribution in [3.8, 4) is 0 Å². The van der Waals surface area contributed by atoms with Crippen LogP contribution in [0.2, 0.25) is 0 Å². The van der Waals surface area contributed by atoms with E-state index in [1.54, 1.807) is 0 Å². The van der Waals surface area contributed by atoms with Gasteiger partial charge in [-0.3, -0.25) is 10.2 Å². The number of carbonyl (C=O) groups excluding carboxylic acids is 1. The van der Waals surface area contributed by atoms with E-state index in [1.165, 1.54) is 25.0 Å². The fourth-order valence-electron chi connectivity index (χ4n) is 3.98. The molecule has 0 spiro atoms. The van der Waals surface area contributed by atoms with Gasteiger partial charge < -0.3 is 4.74 Å². The van der Waals surface area contributed by atoms with Gasteiger partial charge in [-0.2, -0.15) is 13.2 Å². The van der Waals surface area contributed by atoms with E-state index in [2.05, 4.69) is 17.1 Å². The predicted octanol–water partition coefficient (Wildman–Crippen LogP) is 4.37. The molecule has 0 saturated carbocycles. The Morgan fingerprint density at radius 2 is 2.20 bits per heavy atom. The predicted molar refractivity (Wildman–Crippen MR) is 88.3 cm³/mol. The zero-order chi connectivity index (χ0) is 18.0. The molecule has 1 amide bonds. The second kappa shape index (κ2) is 7.23. The molecule has 1 unspecified atom stereocenters. The normalized spacial score (nSPS) is 28.6. The lowest BCUT2D eigenvalue weighted by Crippen LogP contribution is -2.54. The van der Waals surface area contributed by atoms with Crippen molar-refractivity contribution in [2.45, 2.75) is 38.4 Å². The van der Waals surface area contributed by atoms with Gasteiger partial charge >= 0.3 is 12.3 Å². The molecule has 3 aliphatic rings. The summed E-state index contributed by atoms with van der Waals surface area (Å²) in [5, 5.41) is 2.38. The van der Waals surface area contributed by atoms with Crippen LogP contribution >= 0.6 is 0 Å². The standard InChI is InChI=1S/C18H23F3N2O2/c1-2-12-10-23-7-6-13(12)8-16(23)11-25-17(24)22-15-5-3-4-14(9-15)18(19,20)21/h3-5,9,12-13,16H,2,6-8,10-11H2,1H3,(H,22,24)/t12-,13-,16+/m0/s1. The number of ether oxygens (including phenoxy) is 1. The number of carbonyl (C=O) groups is 1. The molecule has 3 fully saturated rings. The van der Waals surface area contributed by atoms with Crippen LogP contribution in [0, 0.1) is 11.8 Å². The molecule has 2 bridgehead atoms. The minimum absolute atomic E-state index is 0.0799. The van der Waals surface area contributed by atoms with Crippen LogP contribution < -0.4 is 5.32 Å². The average Bonchev–Trinajstić information content (AvgIpc) is 2.60. The van der Waals surface area contributed by atoms with E-state index < -0.39 is 17.8 Å². The Bertz CT molecular complexity index is 621. The zero-order valence-corrected chi connectivity index (χ0v) is 14.2. The molecule has 3 heterocycles. The van der Waals surface area contributed by atoms with Crippen LogP contribution in [0.25, 0.3) is 0 Å². The highest BCUT2D eigenvalue weighted by molar-refractivity contribution is 5.84. The lowest BCUT2D eigenvalue weighted by atomic mass is 9.75. The maximum absolute atomic E-state index is 12.7. The summed E-state index contributed by atoms with van der Waals surface area (Å²) in [6.07, 6.45) is -1.76. The topological polar surface area (TPSA) is 41.6 Å². The Morgan fingerprint density at radius 3 is 2.84 bits per heavy atom. The molecule has 25 heavy (non-hydrogen) atoms. The van der Waals surface area contributed by atoms with Crippen molar-refractivity contribution >= 4 is 11.8 Å². The summed E-state index contributed by atoms with van der Waals surface area (Å²) in [6.45, 7) is 4.56. The van der Waals surface area contributed by atoms with Crippen LogP contribution in [0.3, 0.4) is 0 Å². The highest BCUT2D eigenvalue weighted by Crippen LogP contribution is 2.37. The Labute approximate surface area is 145 Å². The summed E-state index contributed by atoms with van der Waals surface area (Å²) in [6, 6.07) is 4.75. The van der Waals surface area contributed by atoms with Gasteiger partial charge in [-0.15, -0.1) is 0 Å². The molecule has 138 valence electrons. The number of nitrogens with one attached hydrogen (secondary N) is 1. The summed E-state index contributed by atoms with van der Waals surface area (Å²) in [5.74, 6) is 1.42. The van der Waals surface area contributed by atoms with Crippen molar-refractivity contribution in [2.75, 3.05) is 25.0 Å². The van der Waals surface area contributed by atoms with E-state index >= 15 is 0 Å². The zero-order valence-electron chi connectivity index (χ0n) is 14.2. The lowest BCUT2D eigenvalue weighted by Gasteiger charge is -2.49. The molecule has 4 rings (SSSR count). The number of rotatable bonds is 4. The van der Waals surface area contributed by atoms with E-state index in [0.717, 1.165) is 37.6 Å². The molecule has 4 nitrogen and oxygen atoms in total. The van der Waals surface area contributed by atoms with Gasteiger partial charge in [0.1, 0.15) is 6.61 Å². The molecule has 4 atom stereocenters. The van der Waals surface area contributed by atoms with Crippen molar-refractivity contribution in [3.05, 3.63) is 29.8 Å². The molecule has 1 aromatic rings. The molecule has 3 saturated heterocycles. The third kappa shape index (κ3) is 4.26. The smallest absolute Gasteiger partial charge is 0.416 e. The van der Waals surface area contributed by atoms with Crippen LogP contribution in [-0.2, 0) is 10.9 Å². The summed E-state index contributed by atoms with van der Waals surface area (Å²) in [7, 11) is 0. The molecule has 1 aromatic carbocycles. The fourth-order valence-corrected chi connectivity index (χ4v) is 3.98. The van der Waals surface area contributed by atoms with E-state index in [4.69, 9.17) is 4.74 Å². The summed E-state index contributed by atoms with van der Waals surface area (Å²) >= 11 is 0. The monoisotopic (exact) mass is 356 g/mol. The van der Waals surface area contributed by atoms with Crippen molar-refractivity contribution in [1.82, 2.24) is 4.90 Å². The Morgan fingerprint density at radius 1 is 1.40 bits per heavy atom. The number of halogens is 3. The molecule has 7 heteroatoms. The first-order valence-electron chi connectivity index (χ1n) is 8.72. The van der Waals surface area contributed by atoms with Gasteiger partial charge in [-0.1, -0.05) is 19.4 Å². The molecule has 1 N–H and O–H groups in total. The van der Waals surface area contributed by atoms with Gasteiger partial charge in [-0.05, 0) is 49.4 Å². The van der Waals surface area contributed by atoms with Crippen LogP contribution in [0.4, 0.5) is 23.7 Å². The van der Waals surface area contributed by atoms with Gasteiger partial charge in [0.05, 0.1) is 5.56 Å². The van der Waals surface area contributed by atoms with Crippen molar-refractivity contribution < 1.29 is 22.7 Å². The van der Waals surface area contributed by atoms with Crippen molar-refractivity contribution in [1.29, 1.82) is 0 Å². The number of piperidine rings is 3. The molecule has 3 aliphatic heterocycles. The summed E-state index contributed by atoms with van der Waals surface area (Å²) < 4.78 is 43.3. The Balaban J connectivity index is 1.51. The quantitative estimate of drug-likeness (QED) is 0.871. The minimum atomic E-state index is -4.44. The highest BCUT2D eigenvalue weighted by atomic mass is 19.4. The van der Waals surface area contributed by atoms with E-state index in [-0.39, 0.29) is 18.3 Å². The van der Waals surface area contributed by atoms with Crippen LogP contribution in [-0.4, -0.2) is 36.7 Å². The van der Waals surface area contributed by atoms with E-state index in [0.29, 0.717) is 5.92 Å². The first-order chi connectivity index (χ1) is 11.9. The van der Waals surface area contributed by atoms with Crippen molar-refractivity contribution in [2.24, 2.45) is 11.8 Å². The Hall–Kier alpha value is -1.76. The SMILES string of the molecule is CC[C@H]1CN2CC[C@H]1C[C@@H]2COC(=O)Nc1cccc(C(F)(F)F)c1. The van der Waals surface area contributed by atoms with Gasteiger partial charge in [0.15, 0.2) is 0 Å². The van der Waals surface area contributed by atoms with Crippen molar-refractivity contribution in [3.63, 3.8) is 0 Å². The van der Waals surface area contributed by atoms with E-state index in [1.807, 2.05) is 0 Å². The number of amides is 1. The number of alkyl halides is 3. The summed E-state index contributed by atoms with van der Waals surface area (Å²) in [4.78, 5) is 14.3. The molecular weight excluding hydrogens is 333 g/mol. The minimum Gasteiger partial charge on any atom is -0.448 e. The average molecular weight is 356 g/mol. The number of fused-ring (bicyclic) bond motifs is 3. The first kappa shape index (κ1) is 18.0. The molecule has 0 aromatic heterocycles. The second-order valence-corrected chi connectivity index (χ2v) is 6.90. The number of hydrogen-bond donors (Lipinski definition) is 1. The van der Waals surface area contributed by atoms with Crippen LogP contribution in [0.5, 0.6) is 0 Å². The van der Waals surface area contributed by atoms with Gasteiger partial charge in [0.2, 0.25) is 0 Å². The van der Waals surface area contributed by atoms with Gasteiger partial charge in [0, 0.05) is 18.3 Å². The largest absolute Gasteiger partial charge is 0.448 e. The third-order valence-corrected chi connectivity index (χ3v) is 5.38. The molecule has 0 radical (unpaired) electrons. The third-order valence-electron chi connectivity index (χ3n) is 5.38. The molecule has 0 aliphatic carbocycles. The van der Waals surface area contributed by atoms with Gasteiger partial charge in [0.25, 0.3) is 0 Å². The number of benzene rings is 1. The fraction of sp³-hybridized carbons (Fsp3) is 0.611. The van der Waals surface area contributed by atoms with E-state index in [9.17, 15) is 18.0 Å². The number of hydrogen-bond acceptors (Lipinski definition) is 3. The Kier molecular flexibility index (Phi) is 5.22. The summed E-state index contributed by atoms with van der Waals surface area (Å²) in [5.41, 5.74) is -0.719. The number of anilines is 1. The first-order valence-corrected chi connectivity index (χ1v) is 8.72. The van der Waals surface area contributed by atoms with Crippen LogP contribution in [0.1, 0.15) is 31.7 Å².